The molecule has 0 bridgehead atoms. The molecule has 0 saturated carbocycles. The zero-order chi connectivity index (χ0) is 20.3. The molecule has 0 spiro atoms. The largest absolute Gasteiger partial charge is 0.333 e. The summed E-state index contributed by atoms with van der Waals surface area (Å²) < 4.78 is 7.80. The number of nitrogens with zero attached hydrogens (tertiary/aromatic N) is 3. The summed E-state index contributed by atoms with van der Waals surface area (Å²) in [5, 5.41) is 0. The first-order chi connectivity index (χ1) is 13.4. The molecule has 0 N–H and O–H groups in total. The second-order valence-electron chi connectivity index (χ2n) is 7.05. The van der Waals surface area contributed by atoms with Crippen LogP contribution in [0.2, 0.25) is 0 Å². The molecule has 0 saturated heterocycles. The van der Waals surface area contributed by atoms with E-state index >= 15 is 0 Å². The zero-order valence-electron chi connectivity index (χ0n) is 16.6. The third kappa shape index (κ3) is 4.07. The molecule has 3 rings (SSSR count). The first-order valence-electron chi connectivity index (χ1n) is 9.34. The minimum atomic E-state index is -0.646. The van der Waals surface area contributed by atoms with E-state index in [0.29, 0.717) is 5.82 Å². The van der Waals surface area contributed by atoms with Crippen molar-refractivity contribution in [3.05, 3.63) is 87.6 Å². The molecule has 0 aliphatic heterocycles. The van der Waals surface area contributed by atoms with Crippen molar-refractivity contribution in [2.75, 3.05) is 0 Å². The number of hydrogen-bond acceptors (Lipinski definition) is 3. The Morgan fingerprint density at radius 2 is 1.21 bits per heavy atom. The first-order valence-corrected chi connectivity index (χ1v) is 10.5. The van der Waals surface area contributed by atoms with Crippen LogP contribution >= 0.6 is 0 Å². The SMILES string of the molecule is CC(C)n1c(N=S(c2ccccc2)c2ccccc2)cc(=O)n(C(C)C)c1=O. The second kappa shape index (κ2) is 8.52. The van der Waals surface area contributed by atoms with E-state index in [9.17, 15) is 9.59 Å². The topological polar surface area (TPSA) is 56.4 Å². The van der Waals surface area contributed by atoms with E-state index in [1.807, 2.05) is 88.4 Å². The molecule has 146 valence electrons. The summed E-state index contributed by atoms with van der Waals surface area (Å²) in [6, 6.07) is 21.1. The summed E-state index contributed by atoms with van der Waals surface area (Å²) in [4.78, 5) is 27.7. The average Bonchev–Trinajstić information content (AvgIpc) is 2.66. The summed E-state index contributed by atoms with van der Waals surface area (Å²) in [5.41, 5.74) is -0.638. The molecular formula is C22H25N3O2S. The fourth-order valence-electron chi connectivity index (χ4n) is 3.02. The van der Waals surface area contributed by atoms with Gasteiger partial charge in [0.2, 0.25) is 0 Å². The van der Waals surface area contributed by atoms with Gasteiger partial charge in [0.25, 0.3) is 5.56 Å². The third-order valence-corrected chi connectivity index (χ3v) is 6.11. The third-order valence-electron chi connectivity index (χ3n) is 4.30. The van der Waals surface area contributed by atoms with Crippen molar-refractivity contribution in [3.63, 3.8) is 0 Å². The molecule has 0 amide bonds. The Bertz CT molecular complexity index is 1060. The van der Waals surface area contributed by atoms with E-state index in [4.69, 9.17) is 4.36 Å². The Morgan fingerprint density at radius 3 is 1.64 bits per heavy atom. The van der Waals surface area contributed by atoms with E-state index in [-0.39, 0.29) is 23.3 Å². The monoisotopic (exact) mass is 395 g/mol. The standard InChI is InChI=1S/C22H25N3O2S/c1-16(2)24-20(15-21(26)25(17(3)4)22(24)27)23-28(18-11-7-5-8-12-18)19-13-9-6-10-14-19/h5-17H,1-4H3. The molecule has 5 nitrogen and oxygen atoms in total. The van der Waals surface area contributed by atoms with Crippen molar-refractivity contribution in [1.82, 2.24) is 9.13 Å². The van der Waals surface area contributed by atoms with Crippen LogP contribution in [0.15, 0.2) is 90.5 Å². The van der Waals surface area contributed by atoms with E-state index in [1.54, 1.807) is 4.57 Å². The molecule has 2 aromatic carbocycles. The van der Waals surface area contributed by atoms with Crippen molar-refractivity contribution in [2.24, 2.45) is 4.36 Å². The smallest absolute Gasteiger partial charge is 0.275 e. The van der Waals surface area contributed by atoms with E-state index in [0.717, 1.165) is 9.79 Å². The van der Waals surface area contributed by atoms with Crippen LogP contribution in [0.25, 0.3) is 0 Å². The summed E-state index contributed by atoms with van der Waals surface area (Å²) in [6.07, 6.45) is 0. The lowest BCUT2D eigenvalue weighted by Crippen LogP contribution is -2.40. The van der Waals surface area contributed by atoms with Gasteiger partial charge in [-0.15, -0.1) is 0 Å². The number of aromatic nitrogens is 2. The molecule has 0 aliphatic carbocycles. The van der Waals surface area contributed by atoms with Gasteiger partial charge in [0.1, 0.15) is 5.82 Å². The normalized spacial score (nSPS) is 11.4. The molecule has 6 heteroatoms. The minimum absolute atomic E-state index is 0.117. The van der Waals surface area contributed by atoms with Gasteiger partial charge in [-0.2, -0.15) is 4.36 Å². The summed E-state index contributed by atoms with van der Waals surface area (Å²) in [5.74, 6) is 0.415. The van der Waals surface area contributed by atoms with Crippen LogP contribution in [0.1, 0.15) is 39.8 Å². The molecule has 0 unspecified atom stereocenters. The van der Waals surface area contributed by atoms with Crippen LogP contribution in [0, 0.1) is 0 Å². The van der Waals surface area contributed by atoms with E-state index in [2.05, 4.69) is 0 Å². The maximum Gasteiger partial charge on any atom is 0.333 e. The predicted molar refractivity (Wildman–Crippen MR) is 115 cm³/mol. The number of hydrogen-bond donors (Lipinski definition) is 0. The predicted octanol–water partition coefficient (Wildman–Crippen LogP) is 4.72. The molecule has 1 aromatic heterocycles. The Hall–Kier alpha value is -2.73. The highest BCUT2D eigenvalue weighted by atomic mass is 32.2. The van der Waals surface area contributed by atoms with Gasteiger partial charge in [0.05, 0.1) is 0 Å². The Kier molecular flexibility index (Phi) is 6.09. The van der Waals surface area contributed by atoms with Gasteiger partial charge in [0.15, 0.2) is 0 Å². The van der Waals surface area contributed by atoms with Crippen LogP contribution in [-0.4, -0.2) is 9.13 Å². The molecule has 0 radical (unpaired) electrons. The summed E-state index contributed by atoms with van der Waals surface area (Å²) in [7, 11) is -0.646. The minimum Gasteiger partial charge on any atom is -0.275 e. The number of rotatable bonds is 5. The van der Waals surface area contributed by atoms with Crippen molar-refractivity contribution in [3.8, 4) is 0 Å². The van der Waals surface area contributed by atoms with Crippen LogP contribution in [-0.2, 0) is 10.7 Å². The summed E-state index contributed by atoms with van der Waals surface area (Å²) >= 11 is 0. The number of benzene rings is 2. The molecule has 0 aliphatic rings. The fourth-order valence-corrected chi connectivity index (χ4v) is 4.66. The molecular weight excluding hydrogens is 370 g/mol. The molecule has 3 aromatic rings. The lowest BCUT2D eigenvalue weighted by molar-refractivity contribution is 0.477. The van der Waals surface area contributed by atoms with Gasteiger partial charge in [-0.25, -0.2) is 4.79 Å². The van der Waals surface area contributed by atoms with Crippen molar-refractivity contribution < 1.29 is 0 Å². The Balaban J connectivity index is 2.32. The van der Waals surface area contributed by atoms with Gasteiger partial charge in [-0.3, -0.25) is 13.9 Å². The highest BCUT2D eigenvalue weighted by molar-refractivity contribution is 7.87. The Morgan fingerprint density at radius 1 is 0.750 bits per heavy atom. The first kappa shape index (κ1) is 20.0. The van der Waals surface area contributed by atoms with Crippen LogP contribution in [0.3, 0.4) is 0 Å². The zero-order valence-corrected chi connectivity index (χ0v) is 17.4. The van der Waals surface area contributed by atoms with Gasteiger partial charge in [0, 0.05) is 27.9 Å². The average molecular weight is 396 g/mol. The molecule has 1 heterocycles. The van der Waals surface area contributed by atoms with Crippen molar-refractivity contribution >= 4 is 16.5 Å². The van der Waals surface area contributed by atoms with Crippen molar-refractivity contribution in [2.45, 2.75) is 49.6 Å². The lowest BCUT2D eigenvalue weighted by Gasteiger charge is -2.18. The highest BCUT2D eigenvalue weighted by Crippen LogP contribution is 2.24. The van der Waals surface area contributed by atoms with E-state index in [1.165, 1.54) is 10.6 Å². The lowest BCUT2D eigenvalue weighted by atomic mass is 10.3. The van der Waals surface area contributed by atoms with Crippen LogP contribution in [0.4, 0.5) is 5.82 Å². The van der Waals surface area contributed by atoms with Gasteiger partial charge >= 0.3 is 5.69 Å². The van der Waals surface area contributed by atoms with Gasteiger partial charge < -0.3 is 0 Å². The molecule has 0 fully saturated rings. The fraction of sp³-hybridized carbons (Fsp3) is 0.273. The van der Waals surface area contributed by atoms with Crippen molar-refractivity contribution in [1.29, 1.82) is 0 Å². The molecule has 0 atom stereocenters. The second-order valence-corrected chi connectivity index (χ2v) is 8.75. The Labute approximate surface area is 167 Å². The van der Waals surface area contributed by atoms with E-state index < -0.39 is 10.7 Å². The maximum absolute atomic E-state index is 13.0. The van der Waals surface area contributed by atoms with Crippen LogP contribution in [0.5, 0.6) is 0 Å². The maximum atomic E-state index is 13.0. The quantitative estimate of drug-likeness (QED) is 0.627. The van der Waals surface area contributed by atoms with Crippen LogP contribution < -0.4 is 11.2 Å². The highest BCUT2D eigenvalue weighted by Gasteiger charge is 2.16. The van der Waals surface area contributed by atoms with Gasteiger partial charge in [-0.1, -0.05) is 36.4 Å². The summed E-state index contributed by atoms with van der Waals surface area (Å²) in [6.45, 7) is 7.53. The molecule has 28 heavy (non-hydrogen) atoms. The van der Waals surface area contributed by atoms with Gasteiger partial charge in [-0.05, 0) is 62.7 Å².